The first kappa shape index (κ1) is 25.4. The molecule has 4 rings (SSSR count). The Bertz CT molecular complexity index is 1250. The highest BCUT2D eigenvalue weighted by Crippen LogP contribution is 2.38. The molecule has 3 aromatic carbocycles. The molecule has 0 radical (unpaired) electrons. The maximum Gasteiger partial charge on any atom is 0.293 e. The summed E-state index contributed by atoms with van der Waals surface area (Å²) in [6.45, 7) is 0.736. The van der Waals surface area contributed by atoms with Crippen molar-refractivity contribution in [2.24, 2.45) is 0 Å². The molecule has 0 N–H and O–H groups in total. The van der Waals surface area contributed by atoms with Crippen molar-refractivity contribution in [3.8, 4) is 11.5 Å². The van der Waals surface area contributed by atoms with E-state index in [9.17, 15) is 9.59 Å². The SMILES string of the molecule is COc1cc(/C=C2/SC(=O)N(CCCc3ccccc3)C2=O)c(Br)cc1OCc1ccc(Cl)cc1. The number of benzene rings is 3. The molecule has 35 heavy (non-hydrogen) atoms. The van der Waals surface area contributed by atoms with Gasteiger partial charge in [0.15, 0.2) is 11.5 Å². The average molecular weight is 573 g/mol. The minimum atomic E-state index is -0.276. The van der Waals surface area contributed by atoms with Crippen LogP contribution in [0.15, 0.2) is 76.1 Å². The number of carbonyl (C=O) groups excluding carboxylic acids is 2. The van der Waals surface area contributed by atoms with Gasteiger partial charge in [-0.3, -0.25) is 14.5 Å². The van der Waals surface area contributed by atoms with Gasteiger partial charge in [0.25, 0.3) is 11.1 Å². The Hall–Kier alpha value is -2.74. The number of hydrogen-bond donors (Lipinski definition) is 0. The van der Waals surface area contributed by atoms with Crippen molar-refractivity contribution >= 4 is 56.5 Å². The molecule has 1 aliphatic heterocycles. The van der Waals surface area contributed by atoms with Gasteiger partial charge < -0.3 is 9.47 Å². The van der Waals surface area contributed by atoms with E-state index in [0.29, 0.717) is 41.0 Å². The highest BCUT2D eigenvalue weighted by atomic mass is 79.9. The van der Waals surface area contributed by atoms with E-state index in [2.05, 4.69) is 15.9 Å². The maximum absolute atomic E-state index is 12.9. The third-order valence-corrected chi connectivity index (χ3v) is 7.29. The van der Waals surface area contributed by atoms with Gasteiger partial charge in [0.1, 0.15) is 6.61 Å². The van der Waals surface area contributed by atoms with E-state index in [1.807, 2.05) is 54.6 Å². The van der Waals surface area contributed by atoms with Crippen LogP contribution in [-0.4, -0.2) is 29.7 Å². The fraction of sp³-hybridized carbons (Fsp3) is 0.185. The molecule has 1 saturated heterocycles. The monoisotopic (exact) mass is 571 g/mol. The lowest BCUT2D eigenvalue weighted by molar-refractivity contribution is -0.122. The number of hydrogen-bond acceptors (Lipinski definition) is 5. The van der Waals surface area contributed by atoms with Crippen LogP contribution in [0.4, 0.5) is 4.79 Å². The van der Waals surface area contributed by atoms with Crippen molar-refractivity contribution in [1.82, 2.24) is 4.90 Å². The van der Waals surface area contributed by atoms with Gasteiger partial charge in [0.05, 0.1) is 12.0 Å². The Morgan fingerprint density at radius 3 is 2.46 bits per heavy atom. The summed E-state index contributed by atoms with van der Waals surface area (Å²) in [4.78, 5) is 27.1. The topological polar surface area (TPSA) is 55.8 Å². The van der Waals surface area contributed by atoms with Crippen molar-refractivity contribution in [3.63, 3.8) is 0 Å². The van der Waals surface area contributed by atoms with Crippen molar-refractivity contribution in [2.75, 3.05) is 13.7 Å². The summed E-state index contributed by atoms with van der Waals surface area (Å²) < 4.78 is 12.2. The number of ether oxygens (including phenoxy) is 2. The number of nitrogens with zero attached hydrogens (tertiary/aromatic N) is 1. The van der Waals surface area contributed by atoms with Crippen LogP contribution in [-0.2, 0) is 17.8 Å². The van der Waals surface area contributed by atoms with E-state index in [0.717, 1.165) is 33.8 Å². The molecule has 0 aliphatic carbocycles. The number of thioether (sulfide) groups is 1. The Balaban J connectivity index is 1.44. The fourth-order valence-corrected chi connectivity index (χ4v) is 5.01. The molecular formula is C27H23BrClNO4S. The predicted octanol–water partition coefficient (Wildman–Crippen LogP) is 7.36. The van der Waals surface area contributed by atoms with Crippen LogP contribution < -0.4 is 9.47 Å². The van der Waals surface area contributed by atoms with Crippen LogP contribution in [0.3, 0.4) is 0 Å². The van der Waals surface area contributed by atoms with Crippen molar-refractivity contribution in [3.05, 3.63) is 97.8 Å². The van der Waals surface area contributed by atoms with E-state index >= 15 is 0 Å². The lowest BCUT2D eigenvalue weighted by Crippen LogP contribution is -2.29. The van der Waals surface area contributed by atoms with Crippen LogP contribution in [0.5, 0.6) is 11.5 Å². The summed E-state index contributed by atoms with van der Waals surface area (Å²) in [6, 6.07) is 21.0. The zero-order chi connectivity index (χ0) is 24.8. The molecule has 0 saturated carbocycles. The lowest BCUT2D eigenvalue weighted by atomic mass is 10.1. The van der Waals surface area contributed by atoms with E-state index in [1.165, 1.54) is 10.5 Å². The standard InChI is InChI=1S/C27H23BrClNO4S/c1-33-23-14-20(22(28)16-24(23)34-17-19-9-11-21(29)12-10-19)15-25-26(31)30(27(32)35-25)13-5-8-18-6-3-2-4-7-18/h2-4,6-7,9-12,14-16H,5,8,13,17H2,1H3/b25-15+. The second-order valence-electron chi connectivity index (χ2n) is 7.86. The fourth-order valence-electron chi connectivity index (χ4n) is 3.60. The van der Waals surface area contributed by atoms with Gasteiger partial charge in [-0.05, 0) is 71.6 Å². The Labute approximate surface area is 222 Å². The molecule has 0 unspecified atom stereocenters. The van der Waals surface area contributed by atoms with Gasteiger partial charge in [0, 0.05) is 16.0 Å². The van der Waals surface area contributed by atoms with Gasteiger partial charge in [0.2, 0.25) is 0 Å². The number of halogens is 2. The smallest absolute Gasteiger partial charge is 0.293 e. The van der Waals surface area contributed by atoms with Crippen LogP contribution in [0.2, 0.25) is 5.02 Å². The van der Waals surface area contributed by atoms with Crippen molar-refractivity contribution in [2.45, 2.75) is 19.4 Å². The number of aryl methyl sites for hydroxylation is 1. The molecule has 0 aromatic heterocycles. The van der Waals surface area contributed by atoms with Gasteiger partial charge >= 0.3 is 0 Å². The minimum absolute atomic E-state index is 0.250. The van der Waals surface area contributed by atoms with E-state index in [-0.39, 0.29) is 11.1 Å². The number of methoxy groups -OCH3 is 1. The van der Waals surface area contributed by atoms with Gasteiger partial charge in [-0.2, -0.15) is 0 Å². The van der Waals surface area contributed by atoms with Crippen molar-refractivity contribution < 1.29 is 19.1 Å². The van der Waals surface area contributed by atoms with Crippen LogP contribution in [0.25, 0.3) is 6.08 Å². The van der Waals surface area contributed by atoms with Crippen LogP contribution >= 0.6 is 39.3 Å². The first-order valence-electron chi connectivity index (χ1n) is 11.0. The second-order valence-corrected chi connectivity index (χ2v) is 10.1. The number of amides is 2. The van der Waals surface area contributed by atoms with E-state index in [4.69, 9.17) is 21.1 Å². The maximum atomic E-state index is 12.9. The molecule has 2 amide bonds. The zero-order valence-corrected chi connectivity index (χ0v) is 22.2. The Morgan fingerprint density at radius 1 is 1.00 bits per heavy atom. The lowest BCUT2D eigenvalue weighted by Gasteiger charge is -2.13. The van der Waals surface area contributed by atoms with Crippen LogP contribution in [0.1, 0.15) is 23.1 Å². The third-order valence-electron chi connectivity index (χ3n) is 5.44. The summed E-state index contributed by atoms with van der Waals surface area (Å²) in [5, 5.41) is 0.416. The first-order chi connectivity index (χ1) is 16.9. The molecule has 3 aromatic rings. The normalized spacial score (nSPS) is 14.6. The highest BCUT2D eigenvalue weighted by molar-refractivity contribution is 9.10. The summed E-state index contributed by atoms with van der Waals surface area (Å²) in [5.74, 6) is 0.804. The number of imide groups is 1. The minimum Gasteiger partial charge on any atom is -0.493 e. The van der Waals surface area contributed by atoms with Crippen molar-refractivity contribution in [1.29, 1.82) is 0 Å². The highest BCUT2D eigenvalue weighted by Gasteiger charge is 2.34. The largest absolute Gasteiger partial charge is 0.493 e. The molecule has 0 bridgehead atoms. The summed E-state index contributed by atoms with van der Waals surface area (Å²) in [7, 11) is 1.56. The summed E-state index contributed by atoms with van der Waals surface area (Å²) in [6.07, 6.45) is 3.23. The quantitative estimate of drug-likeness (QED) is 0.251. The predicted molar refractivity (Wildman–Crippen MR) is 144 cm³/mol. The van der Waals surface area contributed by atoms with E-state index < -0.39 is 0 Å². The Morgan fingerprint density at radius 2 is 1.74 bits per heavy atom. The molecule has 180 valence electrons. The zero-order valence-electron chi connectivity index (χ0n) is 19.0. The average Bonchev–Trinajstić information content (AvgIpc) is 3.13. The molecule has 0 atom stereocenters. The summed E-state index contributed by atoms with van der Waals surface area (Å²) >= 11 is 10.4. The number of carbonyl (C=O) groups is 2. The molecule has 5 nitrogen and oxygen atoms in total. The molecule has 1 aliphatic rings. The second kappa shape index (κ2) is 11.8. The third kappa shape index (κ3) is 6.48. The summed E-state index contributed by atoms with van der Waals surface area (Å²) in [5.41, 5.74) is 2.87. The van der Waals surface area contributed by atoms with Gasteiger partial charge in [-0.25, -0.2) is 0 Å². The molecule has 1 fully saturated rings. The van der Waals surface area contributed by atoms with Gasteiger partial charge in [-0.15, -0.1) is 0 Å². The van der Waals surface area contributed by atoms with Crippen LogP contribution in [0, 0.1) is 0 Å². The molecule has 8 heteroatoms. The van der Waals surface area contributed by atoms with E-state index in [1.54, 1.807) is 25.3 Å². The number of rotatable bonds is 9. The molecule has 1 heterocycles. The first-order valence-corrected chi connectivity index (χ1v) is 13.0. The molecule has 0 spiro atoms. The molecular weight excluding hydrogens is 550 g/mol. The van der Waals surface area contributed by atoms with Gasteiger partial charge in [-0.1, -0.05) is 70.0 Å². The Kier molecular flexibility index (Phi) is 8.55.